The first-order valence-electron chi connectivity index (χ1n) is 45.2. The predicted octanol–water partition coefficient (Wildman–Crippen LogP) is 20.7. The number of rotatable bonds is 35. The Morgan fingerprint density at radius 2 is 0.738 bits per heavy atom. The van der Waals surface area contributed by atoms with Gasteiger partial charge >= 0.3 is 0 Å². The van der Waals surface area contributed by atoms with Crippen LogP contribution in [0.25, 0.3) is 0 Å². The van der Waals surface area contributed by atoms with Crippen molar-refractivity contribution < 1.29 is 43.0 Å². The number of likely N-dealkylation sites (tertiary alicyclic amines) is 3. The van der Waals surface area contributed by atoms with Crippen LogP contribution in [0, 0.1) is 41.3 Å². The second-order valence-electron chi connectivity index (χ2n) is 37.0. The van der Waals surface area contributed by atoms with Crippen molar-refractivity contribution in [1.29, 1.82) is 0 Å². The minimum Gasteiger partial charge on any atom is -0.496 e. The largest absolute Gasteiger partial charge is 0.496 e. The highest BCUT2D eigenvalue weighted by molar-refractivity contribution is 9.10. The minimum atomic E-state index is -0.409. The van der Waals surface area contributed by atoms with Crippen LogP contribution >= 0.6 is 73.9 Å². The molecule has 10 rings (SSSR count). The lowest BCUT2D eigenvalue weighted by Gasteiger charge is -2.36. The number of methoxy groups -OCH3 is 1. The van der Waals surface area contributed by atoms with E-state index in [-0.39, 0.29) is 106 Å². The number of nitrogens with zero attached hydrogens (tertiary/aromatic N) is 6. The molecule has 4 heterocycles. The van der Waals surface area contributed by atoms with E-state index in [1.807, 2.05) is 212 Å². The lowest BCUT2D eigenvalue weighted by Crippen LogP contribution is -2.44. The number of piperazine rings is 1. The summed E-state index contributed by atoms with van der Waals surface area (Å²) in [5, 5.41) is 22.6. The van der Waals surface area contributed by atoms with Crippen molar-refractivity contribution >= 4 is 109 Å². The fourth-order valence-corrected chi connectivity index (χ4v) is 17.3. The predicted molar refractivity (Wildman–Crippen MR) is 527 cm³/mol. The van der Waals surface area contributed by atoms with Crippen LogP contribution in [0.1, 0.15) is 212 Å². The Labute approximate surface area is 789 Å². The fraction of sp³-hybridized carbons (Fsp3) is 0.569. The van der Waals surface area contributed by atoms with E-state index in [0.29, 0.717) is 76.5 Å². The zero-order valence-corrected chi connectivity index (χ0v) is 84.4. The molecule has 0 aromatic heterocycles. The topological polar surface area (TPSA) is 187 Å². The zero-order valence-electron chi connectivity index (χ0n) is 79.0. The number of hydrogen-bond donors (Lipinski definition) is 4. The molecule has 7 atom stereocenters. The average Bonchev–Trinajstić information content (AvgIpc) is 1.77. The smallest absolute Gasteiger partial charge is 0.144 e. The van der Waals surface area contributed by atoms with E-state index in [0.717, 1.165) is 132 Å². The number of halogens is 7. The van der Waals surface area contributed by atoms with Crippen LogP contribution in [0.3, 0.4) is 0 Å². The first kappa shape index (κ1) is 111. The molecule has 17 nitrogen and oxygen atoms in total. The van der Waals surface area contributed by atoms with Crippen LogP contribution < -0.4 is 20.7 Å². The Morgan fingerprint density at radius 3 is 1.02 bits per heavy atom. The standard InChI is InChI=1S/2C19H29ClN2O.C17H23ClN2O.C16H24BrNO2.C16H22ClNO2.C15H21ClFNO/c2*1-14(2)19(23)18(15-5-7-16(20)8-6-15)13-22-11-9-17(10-12-22)21(3)4;1-12(2)17(21)16(14-4-6-15(18)7-5-14)11-20-9-8-19-13(3)10-20;1-10(2)16(19)13(9-18-11(3)4)12-6-7-15(20-5)14(17)8-12;1-11(2)16(20)15(10-18-8-7-14(19)9-18)12-3-5-13(17)6-4-12;1-9(2)15(19)14(8-18-10(3)4)11-5-12(16)7-13(17)6-11/h2*5-8,14,17-18H,9-13H2,1-4H3;4-7,12,16,19H,3,8-11H2,1-2H3;6-8,10-11,13,18H,9H2,1-5H3;3-6,11,14-15,19H,7-10H2,1-2H3;5-7,9-10,14,18H,8H2,1-4H3/t2*18-;16-;13-;14-,15+;14-/m100111/s1. The Kier molecular flexibility index (Phi) is 49.3. The summed E-state index contributed by atoms with van der Waals surface area (Å²) in [5.41, 5.74) is 6.90. The first-order valence-corrected chi connectivity index (χ1v) is 47.9. The van der Waals surface area contributed by atoms with Crippen molar-refractivity contribution in [2.75, 3.05) is 133 Å². The summed E-state index contributed by atoms with van der Waals surface area (Å²) in [5.74, 6) is 1.10. The second-order valence-corrected chi connectivity index (χ2v) is 40.1. The summed E-state index contributed by atoms with van der Waals surface area (Å²) in [6, 6.07) is 42.8. The molecule has 0 bridgehead atoms. The molecule has 4 saturated heterocycles. The molecule has 698 valence electrons. The molecule has 4 aliphatic heterocycles. The number of carbonyl (C=O) groups is 6. The Balaban J connectivity index is 0.000000269. The van der Waals surface area contributed by atoms with Gasteiger partial charge in [-0.25, -0.2) is 4.39 Å². The van der Waals surface area contributed by atoms with Crippen LogP contribution in [0.2, 0.25) is 25.1 Å². The molecule has 24 heteroatoms. The van der Waals surface area contributed by atoms with E-state index >= 15 is 0 Å². The summed E-state index contributed by atoms with van der Waals surface area (Å²) < 4.78 is 19.6. The maximum Gasteiger partial charge on any atom is 0.144 e. The summed E-state index contributed by atoms with van der Waals surface area (Å²) in [4.78, 5) is 89.2. The molecule has 4 fully saturated rings. The van der Waals surface area contributed by atoms with Crippen molar-refractivity contribution in [3.63, 3.8) is 0 Å². The van der Waals surface area contributed by atoms with E-state index in [2.05, 4.69) is 110 Å². The van der Waals surface area contributed by atoms with Gasteiger partial charge in [-0.3, -0.25) is 38.6 Å². The Bertz CT molecular complexity index is 4180. The Hall–Kier alpha value is -5.82. The Morgan fingerprint density at radius 1 is 0.429 bits per heavy atom. The van der Waals surface area contributed by atoms with Crippen LogP contribution in [-0.4, -0.2) is 233 Å². The SMILES string of the molecule is C=C1CN(C[C@H](C(=O)C(C)C)c2ccc(Cl)cc2)CCN1.CC(C)C(=O)[C@@H](CN1CCC(N(C)C)CC1)c1ccc(Cl)cc1.CC(C)C(=O)[C@@H](CN1CC[C@@H](O)C1)c1ccc(Cl)cc1.CC(C)C(=O)[C@H](CN1CCC(N(C)C)CC1)c1ccc(Cl)cc1.CC(C)NC[C@@H](C(=O)C(C)C)c1cc(F)cc(Cl)c1.COc1ccc([C@@H](CNC(C)C)C(=O)C(C)C)cc1Br. The molecule has 0 spiro atoms. The normalized spacial score (nSPS) is 17.1. The maximum atomic E-state index is 13.4. The highest BCUT2D eigenvalue weighted by Gasteiger charge is 2.34. The van der Waals surface area contributed by atoms with Gasteiger partial charge in [0.25, 0.3) is 0 Å². The summed E-state index contributed by atoms with van der Waals surface area (Å²) >= 11 is 33.2. The van der Waals surface area contributed by atoms with Crippen LogP contribution in [0.15, 0.2) is 150 Å². The van der Waals surface area contributed by atoms with Crippen molar-refractivity contribution in [3.8, 4) is 5.75 Å². The van der Waals surface area contributed by atoms with Gasteiger partial charge in [0.1, 0.15) is 46.3 Å². The lowest BCUT2D eigenvalue weighted by molar-refractivity contribution is -0.124. The van der Waals surface area contributed by atoms with Crippen molar-refractivity contribution in [2.24, 2.45) is 35.5 Å². The number of aliphatic hydroxyl groups is 1. The van der Waals surface area contributed by atoms with Crippen LogP contribution in [0.5, 0.6) is 5.75 Å². The number of piperidine rings is 2. The minimum absolute atomic E-state index is 0.00297. The molecule has 6 aromatic rings. The highest BCUT2D eigenvalue weighted by Crippen LogP contribution is 2.34. The van der Waals surface area contributed by atoms with Crippen LogP contribution in [-0.2, 0) is 28.8 Å². The van der Waals surface area contributed by atoms with Gasteiger partial charge in [-0.05, 0) is 215 Å². The molecular weight excluding hydrogens is 1760 g/mol. The van der Waals surface area contributed by atoms with Crippen molar-refractivity contribution in [1.82, 2.24) is 45.3 Å². The van der Waals surface area contributed by atoms with Crippen molar-refractivity contribution in [2.45, 2.75) is 209 Å². The van der Waals surface area contributed by atoms with Gasteiger partial charge in [0.05, 0.1) is 53.2 Å². The third kappa shape index (κ3) is 38.2. The molecule has 0 amide bonds. The van der Waals surface area contributed by atoms with Gasteiger partial charge in [0.15, 0.2) is 0 Å². The number of ether oxygens (including phenoxy) is 1. The van der Waals surface area contributed by atoms with Gasteiger partial charge in [-0.1, -0.05) is 230 Å². The van der Waals surface area contributed by atoms with Gasteiger partial charge in [-0.15, -0.1) is 0 Å². The third-order valence-corrected chi connectivity index (χ3v) is 25.5. The van der Waals surface area contributed by atoms with Crippen LogP contribution in [0.4, 0.5) is 4.39 Å². The van der Waals surface area contributed by atoms with Crippen molar-refractivity contribution in [3.05, 3.63) is 215 Å². The van der Waals surface area contributed by atoms with E-state index in [9.17, 15) is 38.3 Å². The molecule has 4 N–H and O–H groups in total. The van der Waals surface area contributed by atoms with E-state index in [4.69, 9.17) is 62.7 Å². The van der Waals surface area contributed by atoms with Gasteiger partial charge in [-0.2, -0.15) is 0 Å². The zero-order chi connectivity index (χ0) is 93.9. The molecule has 0 saturated carbocycles. The van der Waals surface area contributed by atoms with Gasteiger partial charge in [0, 0.05) is 162 Å². The monoisotopic (exact) mass is 1900 g/mol. The number of ketones is 6. The summed E-state index contributed by atoms with van der Waals surface area (Å²) in [6.07, 6.45) is 5.25. The molecule has 6 aromatic carbocycles. The highest BCUT2D eigenvalue weighted by atomic mass is 79.9. The average molecular weight is 1900 g/mol. The first-order chi connectivity index (χ1) is 59.4. The summed E-state index contributed by atoms with van der Waals surface area (Å²) in [7, 11) is 10.2. The molecule has 0 aliphatic carbocycles. The second kappa shape index (κ2) is 56.1. The molecule has 0 radical (unpaired) electrons. The quantitative estimate of drug-likeness (QED) is 0.0294. The number of hydrogen-bond acceptors (Lipinski definition) is 17. The maximum absolute atomic E-state index is 13.4. The number of β-amino-alcohol motifs (C(OH)–C–C–N with tert-alkyl or cyclic N) is 1. The number of carbonyl (C=O) groups excluding carboxylic acids is 6. The van der Waals surface area contributed by atoms with Gasteiger partial charge in [0.2, 0.25) is 0 Å². The third-order valence-electron chi connectivity index (χ3n) is 23.7. The lowest BCUT2D eigenvalue weighted by atomic mass is 9.87. The number of nitrogens with one attached hydrogen (secondary N) is 3. The molecular formula is C102H148BrCl5FN9O8. The summed E-state index contributed by atoms with van der Waals surface area (Å²) in [6.45, 7) is 48.1. The number of benzene rings is 6. The van der Waals surface area contributed by atoms with Gasteiger partial charge < -0.3 is 45.4 Å². The van der Waals surface area contributed by atoms with E-state index in [1.165, 1.54) is 37.8 Å². The van der Waals surface area contributed by atoms with E-state index in [1.54, 1.807) is 13.2 Å². The van der Waals surface area contributed by atoms with E-state index < -0.39 is 5.82 Å². The number of Topliss-reactive ketones (excluding diaryl/α,β-unsaturated/α-hetero) is 6. The molecule has 0 unspecified atom stereocenters. The molecule has 4 aliphatic rings. The molecule has 126 heavy (non-hydrogen) atoms. The number of aliphatic hydroxyl groups excluding tert-OH is 1. The fourth-order valence-electron chi connectivity index (χ4n) is 16.0.